The first kappa shape index (κ1) is 13.6. The van der Waals surface area contributed by atoms with E-state index in [0.717, 1.165) is 0 Å². The van der Waals surface area contributed by atoms with Crippen molar-refractivity contribution in [1.29, 1.82) is 0 Å². The summed E-state index contributed by atoms with van der Waals surface area (Å²) in [5.74, 6) is -0.0950. The van der Waals surface area contributed by atoms with E-state index in [0.29, 0.717) is 5.56 Å². The number of likely N-dealkylation sites (N-methyl/N-ethyl adjacent to an activating group) is 1. The number of hydrogen-bond acceptors (Lipinski definition) is 2. The third-order valence-corrected chi connectivity index (χ3v) is 3.42. The molecular weight excluding hydrogens is 240 g/mol. The van der Waals surface area contributed by atoms with E-state index in [-0.39, 0.29) is 29.9 Å². The minimum absolute atomic E-state index is 0.00999. The highest BCUT2D eigenvalue weighted by molar-refractivity contribution is 5.98. The van der Waals surface area contributed by atoms with E-state index in [1.807, 2.05) is 39.0 Å². The van der Waals surface area contributed by atoms with Crippen molar-refractivity contribution >= 4 is 11.8 Å². The lowest BCUT2D eigenvalue weighted by molar-refractivity contribution is -0.127. The van der Waals surface area contributed by atoms with Gasteiger partial charge in [-0.2, -0.15) is 0 Å². The lowest BCUT2D eigenvalue weighted by Crippen LogP contribution is -2.49. The van der Waals surface area contributed by atoms with Gasteiger partial charge >= 0.3 is 0 Å². The van der Waals surface area contributed by atoms with E-state index in [9.17, 15) is 9.59 Å². The Kier molecular flexibility index (Phi) is 3.35. The van der Waals surface area contributed by atoms with Crippen LogP contribution in [0.3, 0.4) is 0 Å². The summed E-state index contributed by atoms with van der Waals surface area (Å²) >= 11 is 0. The number of nitrogens with zero attached hydrogens (tertiary/aromatic N) is 2. The molecule has 4 nitrogen and oxygen atoms in total. The highest BCUT2D eigenvalue weighted by Gasteiger charge is 2.44. The highest BCUT2D eigenvalue weighted by Crippen LogP contribution is 2.31. The molecule has 2 amide bonds. The largest absolute Gasteiger partial charge is 0.323 e. The third kappa shape index (κ3) is 2.48. The zero-order chi connectivity index (χ0) is 14.2. The molecule has 1 atom stereocenters. The molecule has 1 aliphatic rings. The fourth-order valence-corrected chi connectivity index (χ4v) is 2.67. The van der Waals surface area contributed by atoms with Crippen molar-refractivity contribution in [3.63, 3.8) is 0 Å². The van der Waals surface area contributed by atoms with Gasteiger partial charge in [0.05, 0.1) is 0 Å². The maximum Gasteiger partial charge on any atom is 0.255 e. The molecule has 19 heavy (non-hydrogen) atoms. The van der Waals surface area contributed by atoms with Crippen LogP contribution in [0.1, 0.15) is 31.1 Å². The molecule has 0 aromatic heterocycles. The van der Waals surface area contributed by atoms with Gasteiger partial charge in [-0.05, 0) is 12.1 Å². The minimum atomic E-state index is -0.201. The second-order valence-electron chi connectivity index (χ2n) is 6.04. The second-order valence-corrected chi connectivity index (χ2v) is 6.04. The fraction of sp³-hybridized carbons (Fsp3) is 0.467. The minimum Gasteiger partial charge on any atom is -0.323 e. The predicted octanol–water partition coefficient (Wildman–Crippen LogP) is 1.97. The monoisotopic (exact) mass is 260 g/mol. The molecule has 0 spiro atoms. The van der Waals surface area contributed by atoms with Gasteiger partial charge in [0, 0.05) is 18.0 Å². The average Bonchev–Trinajstić information content (AvgIpc) is 2.65. The molecule has 1 aromatic carbocycles. The van der Waals surface area contributed by atoms with Crippen molar-refractivity contribution < 1.29 is 9.59 Å². The van der Waals surface area contributed by atoms with Crippen LogP contribution in [0.5, 0.6) is 0 Å². The van der Waals surface area contributed by atoms with Crippen LogP contribution in [-0.2, 0) is 4.79 Å². The molecule has 1 unspecified atom stereocenters. The molecular formula is C15H20N2O2. The van der Waals surface area contributed by atoms with Crippen molar-refractivity contribution in [3.8, 4) is 0 Å². The topological polar surface area (TPSA) is 40.6 Å². The normalized spacial score (nSPS) is 20.0. The first-order chi connectivity index (χ1) is 8.82. The van der Waals surface area contributed by atoms with E-state index >= 15 is 0 Å². The molecule has 0 aliphatic carbocycles. The van der Waals surface area contributed by atoms with Gasteiger partial charge in [-0.3, -0.25) is 9.59 Å². The van der Waals surface area contributed by atoms with Crippen molar-refractivity contribution in [3.05, 3.63) is 35.9 Å². The molecule has 0 bridgehead atoms. The number of rotatable bonds is 1. The smallest absolute Gasteiger partial charge is 0.255 e. The van der Waals surface area contributed by atoms with E-state index in [1.54, 1.807) is 29.0 Å². The van der Waals surface area contributed by atoms with Crippen molar-refractivity contribution in [2.24, 2.45) is 5.41 Å². The van der Waals surface area contributed by atoms with Crippen molar-refractivity contribution in [1.82, 2.24) is 9.80 Å². The summed E-state index contributed by atoms with van der Waals surface area (Å²) in [5, 5.41) is 0. The standard InChI is InChI=1S/C15H20N2O2/c1-15(2,3)14-16(4)12(18)10-17(14)13(19)11-8-6-5-7-9-11/h5-9,14H,10H2,1-4H3. The van der Waals surface area contributed by atoms with Crippen molar-refractivity contribution in [2.75, 3.05) is 13.6 Å². The third-order valence-electron chi connectivity index (χ3n) is 3.42. The van der Waals surface area contributed by atoms with Crippen LogP contribution in [0.25, 0.3) is 0 Å². The Morgan fingerprint density at radius 2 is 1.79 bits per heavy atom. The van der Waals surface area contributed by atoms with Crippen LogP contribution in [0, 0.1) is 5.41 Å². The molecule has 1 heterocycles. The lowest BCUT2D eigenvalue weighted by Gasteiger charge is -2.37. The molecule has 2 rings (SSSR count). The van der Waals surface area contributed by atoms with Crippen LogP contribution in [0.2, 0.25) is 0 Å². The van der Waals surface area contributed by atoms with Gasteiger partial charge in [-0.1, -0.05) is 39.0 Å². The predicted molar refractivity (Wildman–Crippen MR) is 73.5 cm³/mol. The van der Waals surface area contributed by atoms with E-state index in [1.165, 1.54) is 0 Å². The molecule has 1 aliphatic heterocycles. The van der Waals surface area contributed by atoms with E-state index in [4.69, 9.17) is 0 Å². The molecule has 0 N–H and O–H groups in total. The summed E-state index contributed by atoms with van der Waals surface area (Å²) in [6.45, 7) is 6.28. The number of benzene rings is 1. The molecule has 102 valence electrons. The van der Waals surface area contributed by atoms with Gasteiger partial charge in [-0.25, -0.2) is 0 Å². The number of carbonyl (C=O) groups excluding carboxylic acids is 2. The molecule has 1 fully saturated rings. The lowest BCUT2D eigenvalue weighted by atomic mass is 9.91. The quantitative estimate of drug-likeness (QED) is 0.774. The summed E-state index contributed by atoms with van der Waals surface area (Å²) < 4.78 is 0. The Hall–Kier alpha value is -1.84. The first-order valence-electron chi connectivity index (χ1n) is 6.44. The summed E-state index contributed by atoms with van der Waals surface area (Å²) in [7, 11) is 1.76. The van der Waals surface area contributed by atoms with Crippen LogP contribution in [0.15, 0.2) is 30.3 Å². The number of amides is 2. The van der Waals surface area contributed by atoms with Gasteiger partial charge < -0.3 is 9.80 Å². The number of carbonyl (C=O) groups is 2. The number of hydrogen-bond donors (Lipinski definition) is 0. The summed E-state index contributed by atoms with van der Waals surface area (Å²) in [4.78, 5) is 27.8. The molecule has 0 saturated carbocycles. The Morgan fingerprint density at radius 1 is 1.21 bits per heavy atom. The average molecular weight is 260 g/mol. The van der Waals surface area contributed by atoms with Gasteiger partial charge in [-0.15, -0.1) is 0 Å². The fourth-order valence-electron chi connectivity index (χ4n) is 2.67. The Labute approximate surface area is 114 Å². The Balaban J connectivity index is 2.33. The van der Waals surface area contributed by atoms with Crippen LogP contribution in [0.4, 0.5) is 0 Å². The Bertz CT molecular complexity index is 491. The maximum absolute atomic E-state index is 12.5. The van der Waals surface area contributed by atoms with Crippen LogP contribution in [-0.4, -0.2) is 41.4 Å². The summed E-state index contributed by atoms with van der Waals surface area (Å²) in [5.41, 5.74) is 0.450. The Morgan fingerprint density at radius 3 is 2.32 bits per heavy atom. The van der Waals surface area contributed by atoms with E-state index in [2.05, 4.69) is 0 Å². The van der Waals surface area contributed by atoms with Gasteiger partial charge in [0.2, 0.25) is 5.91 Å². The zero-order valence-electron chi connectivity index (χ0n) is 11.9. The summed E-state index contributed by atoms with van der Waals surface area (Å²) in [6, 6.07) is 9.11. The molecule has 4 heteroatoms. The van der Waals surface area contributed by atoms with Gasteiger partial charge in [0.1, 0.15) is 12.7 Å². The first-order valence-corrected chi connectivity index (χ1v) is 6.44. The zero-order valence-corrected chi connectivity index (χ0v) is 11.9. The maximum atomic E-state index is 12.5. The SMILES string of the molecule is CN1C(=O)CN(C(=O)c2ccccc2)C1C(C)(C)C. The van der Waals surface area contributed by atoms with E-state index < -0.39 is 0 Å². The molecule has 1 saturated heterocycles. The van der Waals surface area contributed by atoms with Crippen molar-refractivity contribution in [2.45, 2.75) is 26.9 Å². The van der Waals surface area contributed by atoms with Crippen LogP contribution >= 0.6 is 0 Å². The molecule has 0 radical (unpaired) electrons. The molecule has 1 aromatic rings. The highest BCUT2D eigenvalue weighted by atomic mass is 16.2. The van der Waals surface area contributed by atoms with Gasteiger partial charge in [0.25, 0.3) is 5.91 Å². The van der Waals surface area contributed by atoms with Gasteiger partial charge in [0.15, 0.2) is 0 Å². The second kappa shape index (κ2) is 4.68. The summed E-state index contributed by atoms with van der Waals surface area (Å²) in [6.07, 6.45) is -0.201. The van der Waals surface area contributed by atoms with Crippen LogP contribution < -0.4 is 0 Å².